The van der Waals surface area contributed by atoms with Crippen LogP contribution in [0.5, 0.6) is 0 Å². The van der Waals surface area contributed by atoms with Gasteiger partial charge in [-0.05, 0) is 30.5 Å². The Kier molecular flexibility index (Phi) is 4.31. The highest BCUT2D eigenvalue weighted by Gasteiger charge is 2.30. The summed E-state index contributed by atoms with van der Waals surface area (Å²) in [4.78, 5) is 12.7. The number of hydrogen-bond donors (Lipinski definition) is 1. The molecule has 128 valence electrons. The van der Waals surface area contributed by atoms with Crippen LogP contribution in [0.25, 0.3) is 11.6 Å². The Balaban J connectivity index is 1.61. The van der Waals surface area contributed by atoms with Gasteiger partial charge in [0.1, 0.15) is 5.25 Å². The van der Waals surface area contributed by atoms with E-state index in [0.29, 0.717) is 22.8 Å². The number of carbonyl (C=O) groups is 1. The fraction of sp³-hybridized carbons (Fsp3) is 0.278. The zero-order valence-corrected chi connectivity index (χ0v) is 14.6. The third-order valence-electron chi connectivity index (χ3n) is 4.06. The molecule has 7 heteroatoms. The number of rotatable bonds is 6. The SMILES string of the molecule is Cn1c(S[C@@H](C(=O)NC2CC2)c2ccccc2)nnc1-c1ccco1. The lowest BCUT2D eigenvalue weighted by molar-refractivity contribution is -0.120. The molecule has 0 unspecified atom stereocenters. The number of furan rings is 1. The summed E-state index contributed by atoms with van der Waals surface area (Å²) in [5.74, 6) is 1.31. The van der Waals surface area contributed by atoms with E-state index in [4.69, 9.17) is 4.42 Å². The molecule has 2 heterocycles. The van der Waals surface area contributed by atoms with E-state index in [9.17, 15) is 4.79 Å². The van der Waals surface area contributed by atoms with E-state index in [1.807, 2.05) is 54.1 Å². The standard InChI is InChI=1S/C18H18N4O2S/c1-22-16(14-8-5-11-24-14)20-21-18(22)25-15(12-6-3-2-4-7-12)17(23)19-13-9-10-13/h2-8,11,13,15H,9-10H2,1H3,(H,19,23)/t15-/m1/s1. The fourth-order valence-corrected chi connectivity index (χ4v) is 3.56. The van der Waals surface area contributed by atoms with Gasteiger partial charge in [-0.2, -0.15) is 0 Å². The van der Waals surface area contributed by atoms with E-state index in [-0.39, 0.29) is 11.2 Å². The Morgan fingerprint density at radius 2 is 2.04 bits per heavy atom. The van der Waals surface area contributed by atoms with Gasteiger partial charge in [-0.1, -0.05) is 42.1 Å². The molecule has 1 N–H and O–H groups in total. The maximum atomic E-state index is 12.7. The molecule has 6 nitrogen and oxygen atoms in total. The van der Waals surface area contributed by atoms with Crippen molar-refractivity contribution in [1.29, 1.82) is 0 Å². The normalized spacial score (nSPS) is 15.1. The molecule has 1 atom stereocenters. The van der Waals surface area contributed by atoms with Crippen molar-refractivity contribution in [2.24, 2.45) is 7.05 Å². The monoisotopic (exact) mass is 354 g/mol. The summed E-state index contributed by atoms with van der Waals surface area (Å²) in [5, 5.41) is 11.9. The second kappa shape index (κ2) is 6.76. The zero-order valence-electron chi connectivity index (χ0n) is 13.8. The van der Waals surface area contributed by atoms with Crippen LogP contribution in [-0.2, 0) is 11.8 Å². The topological polar surface area (TPSA) is 73.0 Å². The summed E-state index contributed by atoms with van der Waals surface area (Å²) in [6.45, 7) is 0. The summed E-state index contributed by atoms with van der Waals surface area (Å²) in [6, 6.07) is 13.7. The first-order valence-corrected chi connectivity index (χ1v) is 9.05. The molecule has 0 saturated heterocycles. The summed E-state index contributed by atoms with van der Waals surface area (Å²) in [6.07, 6.45) is 3.72. The Morgan fingerprint density at radius 1 is 1.24 bits per heavy atom. The Morgan fingerprint density at radius 3 is 2.72 bits per heavy atom. The summed E-state index contributed by atoms with van der Waals surface area (Å²) >= 11 is 1.40. The van der Waals surface area contributed by atoms with Crippen molar-refractivity contribution in [3.05, 3.63) is 54.3 Å². The van der Waals surface area contributed by atoms with Gasteiger partial charge < -0.3 is 14.3 Å². The number of amides is 1. The summed E-state index contributed by atoms with van der Waals surface area (Å²) in [5.41, 5.74) is 0.952. The van der Waals surface area contributed by atoms with Gasteiger partial charge in [-0.15, -0.1) is 10.2 Å². The van der Waals surface area contributed by atoms with Crippen LogP contribution in [0.4, 0.5) is 0 Å². The number of benzene rings is 1. The van der Waals surface area contributed by atoms with E-state index in [1.165, 1.54) is 11.8 Å². The number of carbonyl (C=O) groups excluding carboxylic acids is 1. The van der Waals surface area contributed by atoms with Crippen LogP contribution in [0.2, 0.25) is 0 Å². The van der Waals surface area contributed by atoms with Crippen LogP contribution >= 0.6 is 11.8 Å². The number of hydrogen-bond acceptors (Lipinski definition) is 5. The van der Waals surface area contributed by atoms with Crippen LogP contribution in [0.15, 0.2) is 58.3 Å². The van der Waals surface area contributed by atoms with Gasteiger partial charge in [0.25, 0.3) is 0 Å². The Bertz CT molecular complexity index is 857. The van der Waals surface area contributed by atoms with Gasteiger partial charge in [0.15, 0.2) is 16.7 Å². The smallest absolute Gasteiger partial charge is 0.238 e. The van der Waals surface area contributed by atoms with Crippen LogP contribution < -0.4 is 5.32 Å². The molecular weight excluding hydrogens is 336 g/mol. The molecule has 0 aliphatic heterocycles. The van der Waals surface area contributed by atoms with Crippen molar-refractivity contribution in [3.63, 3.8) is 0 Å². The van der Waals surface area contributed by atoms with Gasteiger partial charge in [-0.25, -0.2) is 0 Å². The lowest BCUT2D eigenvalue weighted by Crippen LogP contribution is -2.29. The van der Waals surface area contributed by atoms with Gasteiger partial charge in [0, 0.05) is 13.1 Å². The molecule has 2 aromatic heterocycles. The summed E-state index contributed by atoms with van der Waals surface area (Å²) in [7, 11) is 1.88. The molecule has 0 bridgehead atoms. The van der Waals surface area contributed by atoms with Crippen molar-refractivity contribution in [2.75, 3.05) is 0 Å². The first-order chi connectivity index (χ1) is 12.2. The second-order valence-electron chi connectivity index (χ2n) is 6.03. The highest BCUT2D eigenvalue weighted by molar-refractivity contribution is 8.00. The molecule has 1 amide bonds. The quantitative estimate of drug-likeness (QED) is 0.688. The average molecular weight is 354 g/mol. The Hall–Kier alpha value is -2.54. The van der Waals surface area contributed by atoms with Crippen LogP contribution in [0.1, 0.15) is 23.7 Å². The maximum absolute atomic E-state index is 12.7. The average Bonchev–Trinajstić information content (AvgIpc) is 3.14. The molecule has 1 fully saturated rings. The van der Waals surface area contributed by atoms with Gasteiger partial charge in [-0.3, -0.25) is 4.79 Å². The second-order valence-corrected chi connectivity index (χ2v) is 7.11. The van der Waals surface area contributed by atoms with E-state index >= 15 is 0 Å². The third-order valence-corrected chi connectivity index (χ3v) is 5.35. The predicted molar refractivity (Wildman–Crippen MR) is 94.9 cm³/mol. The molecule has 1 aliphatic rings. The highest BCUT2D eigenvalue weighted by Crippen LogP contribution is 2.36. The van der Waals surface area contributed by atoms with Gasteiger partial charge in [0.05, 0.1) is 6.26 Å². The number of nitrogens with one attached hydrogen (secondary N) is 1. The Labute approximate surface area is 149 Å². The molecule has 1 aliphatic carbocycles. The van der Waals surface area contributed by atoms with E-state index in [2.05, 4.69) is 15.5 Å². The van der Waals surface area contributed by atoms with Crippen molar-refractivity contribution in [2.45, 2.75) is 29.3 Å². The lowest BCUT2D eigenvalue weighted by Gasteiger charge is -2.16. The summed E-state index contributed by atoms with van der Waals surface area (Å²) < 4.78 is 7.25. The van der Waals surface area contributed by atoms with Crippen LogP contribution in [0, 0.1) is 0 Å². The number of thioether (sulfide) groups is 1. The first-order valence-electron chi connectivity index (χ1n) is 8.17. The highest BCUT2D eigenvalue weighted by atomic mass is 32.2. The zero-order chi connectivity index (χ0) is 17.2. The van der Waals surface area contributed by atoms with E-state index in [0.717, 1.165) is 18.4 Å². The molecule has 0 spiro atoms. The molecular formula is C18H18N4O2S. The van der Waals surface area contributed by atoms with Gasteiger partial charge >= 0.3 is 0 Å². The van der Waals surface area contributed by atoms with E-state index in [1.54, 1.807) is 6.26 Å². The van der Waals surface area contributed by atoms with Crippen LogP contribution in [-0.4, -0.2) is 26.7 Å². The lowest BCUT2D eigenvalue weighted by atomic mass is 10.1. The predicted octanol–water partition coefficient (Wildman–Crippen LogP) is 3.19. The molecule has 1 aromatic carbocycles. The van der Waals surface area contributed by atoms with Gasteiger partial charge in [0.2, 0.25) is 5.91 Å². The maximum Gasteiger partial charge on any atom is 0.238 e. The van der Waals surface area contributed by atoms with Crippen molar-refractivity contribution in [1.82, 2.24) is 20.1 Å². The molecule has 3 aromatic rings. The van der Waals surface area contributed by atoms with Crippen molar-refractivity contribution >= 4 is 17.7 Å². The van der Waals surface area contributed by atoms with E-state index < -0.39 is 0 Å². The van der Waals surface area contributed by atoms with Crippen molar-refractivity contribution in [3.8, 4) is 11.6 Å². The van der Waals surface area contributed by atoms with Crippen LogP contribution in [0.3, 0.4) is 0 Å². The number of nitrogens with zero attached hydrogens (tertiary/aromatic N) is 3. The van der Waals surface area contributed by atoms with Crippen molar-refractivity contribution < 1.29 is 9.21 Å². The minimum absolute atomic E-state index is 0.0150. The minimum Gasteiger partial charge on any atom is -0.461 e. The minimum atomic E-state index is -0.367. The fourth-order valence-electron chi connectivity index (χ4n) is 2.55. The molecule has 4 rings (SSSR count). The molecule has 25 heavy (non-hydrogen) atoms. The largest absolute Gasteiger partial charge is 0.461 e. The molecule has 0 radical (unpaired) electrons. The first kappa shape index (κ1) is 16.0. The third kappa shape index (κ3) is 3.46. The molecule has 1 saturated carbocycles. The number of aromatic nitrogens is 3.